The second-order valence-corrected chi connectivity index (χ2v) is 3.27. The Morgan fingerprint density at radius 1 is 0.917 bits per heavy atom. The molecule has 1 heteroatoms. The predicted octanol–water partition coefficient (Wildman–Crippen LogP) is 2.93. The van der Waals surface area contributed by atoms with E-state index in [1.807, 2.05) is 0 Å². The molecule has 0 saturated carbocycles. The van der Waals surface area contributed by atoms with Crippen LogP contribution in [0.15, 0.2) is 6.07 Å². The number of hydrogen-bond acceptors (Lipinski definition) is 1. The number of ether oxygens (including phenoxy) is 1. The average molecular weight is 164 g/mol. The zero-order valence-electron chi connectivity index (χ0n) is 8.49. The van der Waals surface area contributed by atoms with Gasteiger partial charge < -0.3 is 4.74 Å². The Balaban J connectivity index is 3.39. The molecule has 1 nitrogen and oxygen atoms in total. The molecule has 12 heavy (non-hydrogen) atoms. The van der Waals surface area contributed by atoms with Crippen LogP contribution in [-0.4, -0.2) is 7.11 Å². The summed E-state index contributed by atoms with van der Waals surface area (Å²) in [5.41, 5.74) is 5.26. The minimum Gasteiger partial charge on any atom is -0.496 e. The third-order valence-electron chi connectivity index (χ3n) is 2.65. The van der Waals surface area contributed by atoms with Crippen molar-refractivity contribution in [2.24, 2.45) is 0 Å². The summed E-state index contributed by atoms with van der Waals surface area (Å²) in [5.74, 6) is 0.996. The first kappa shape index (κ1) is 9.11. The molecule has 1 aromatic carbocycles. The third-order valence-corrected chi connectivity index (χ3v) is 2.65. The molecule has 66 valence electrons. The molecule has 0 N–H and O–H groups in total. The maximum atomic E-state index is 5.26. The summed E-state index contributed by atoms with van der Waals surface area (Å²) in [6, 6.07) is 2.09. The molecule has 0 aromatic heterocycles. The van der Waals surface area contributed by atoms with E-state index in [0.717, 1.165) is 5.75 Å². The van der Waals surface area contributed by atoms with Crippen LogP contribution >= 0.6 is 0 Å². The van der Waals surface area contributed by atoms with Crippen molar-refractivity contribution in [1.29, 1.82) is 0 Å². The van der Waals surface area contributed by atoms with E-state index in [9.17, 15) is 0 Å². The molecule has 0 amide bonds. The van der Waals surface area contributed by atoms with Gasteiger partial charge in [0.1, 0.15) is 5.75 Å². The van der Waals surface area contributed by atoms with Crippen molar-refractivity contribution in [2.45, 2.75) is 27.7 Å². The number of benzene rings is 1. The average Bonchev–Trinajstić information content (AvgIpc) is 2.08. The number of methoxy groups -OCH3 is 1. The first-order valence-electron chi connectivity index (χ1n) is 4.19. The van der Waals surface area contributed by atoms with E-state index in [0.29, 0.717) is 0 Å². The topological polar surface area (TPSA) is 9.23 Å². The summed E-state index contributed by atoms with van der Waals surface area (Å²) in [6.07, 6.45) is 0. The van der Waals surface area contributed by atoms with Gasteiger partial charge in [0.25, 0.3) is 0 Å². The molecule has 0 saturated heterocycles. The van der Waals surface area contributed by atoms with Crippen LogP contribution in [0.2, 0.25) is 0 Å². The first-order chi connectivity index (χ1) is 5.57. The summed E-state index contributed by atoms with van der Waals surface area (Å²) in [4.78, 5) is 0. The maximum Gasteiger partial charge on any atom is 0.122 e. The standard InChI is InChI=1S/C11H16O/c1-7-6-11(12-5)10(4)9(3)8(7)2/h6H,1-5H3. The van der Waals surface area contributed by atoms with E-state index < -0.39 is 0 Å². The van der Waals surface area contributed by atoms with Crippen molar-refractivity contribution in [3.05, 3.63) is 28.3 Å². The molecule has 0 atom stereocenters. The van der Waals surface area contributed by atoms with Gasteiger partial charge in [0.15, 0.2) is 0 Å². The van der Waals surface area contributed by atoms with Gasteiger partial charge in [0, 0.05) is 0 Å². The molecule has 0 spiro atoms. The van der Waals surface area contributed by atoms with Crippen LogP contribution in [0.3, 0.4) is 0 Å². The van der Waals surface area contributed by atoms with E-state index in [4.69, 9.17) is 4.74 Å². The fourth-order valence-electron chi connectivity index (χ4n) is 1.39. The lowest BCUT2D eigenvalue weighted by atomic mass is 9.99. The monoisotopic (exact) mass is 164 g/mol. The Bertz CT molecular complexity index is 300. The molecule has 0 bridgehead atoms. The van der Waals surface area contributed by atoms with Gasteiger partial charge in [-0.1, -0.05) is 0 Å². The lowest BCUT2D eigenvalue weighted by molar-refractivity contribution is 0.411. The zero-order valence-corrected chi connectivity index (χ0v) is 8.49. The molecule has 1 rings (SSSR count). The third kappa shape index (κ3) is 1.31. The van der Waals surface area contributed by atoms with Crippen molar-refractivity contribution >= 4 is 0 Å². The highest BCUT2D eigenvalue weighted by atomic mass is 16.5. The normalized spacial score (nSPS) is 10.1. The second kappa shape index (κ2) is 3.18. The molecule has 0 unspecified atom stereocenters. The molecule has 0 fully saturated rings. The van der Waals surface area contributed by atoms with Gasteiger partial charge in [0.2, 0.25) is 0 Å². The number of rotatable bonds is 1. The van der Waals surface area contributed by atoms with Gasteiger partial charge >= 0.3 is 0 Å². The van der Waals surface area contributed by atoms with E-state index in [-0.39, 0.29) is 0 Å². The summed E-state index contributed by atoms with van der Waals surface area (Å²) in [6.45, 7) is 8.50. The van der Waals surface area contributed by atoms with Crippen LogP contribution in [0.1, 0.15) is 22.3 Å². The first-order valence-corrected chi connectivity index (χ1v) is 4.19. The van der Waals surface area contributed by atoms with E-state index in [2.05, 4.69) is 33.8 Å². The molecule has 0 aliphatic heterocycles. The van der Waals surface area contributed by atoms with Crippen LogP contribution < -0.4 is 4.74 Å². The fourth-order valence-corrected chi connectivity index (χ4v) is 1.39. The van der Waals surface area contributed by atoms with Gasteiger partial charge in [-0.15, -0.1) is 0 Å². The molecular formula is C11H16O. The Hall–Kier alpha value is -0.980. The summed E-state index contributed by atoms with van der Waals surface area (Å²) < 4.78 is 5.26. The molecule has 0 aliphatic carbocycles. The van der Waals surface area contributed by atoms with Crippen LogP contribution in [0.4, 0.5) is 0 Å². The van der Waals surface area contributed by atoms with Crippen molar-refractivity contribution in [2.75, 3.05) is 7.11 Å². The zero-order chi connectivity index (χ0) is 9.30. The predicted molar refractivity (Wildman–Crippen MR) is 51.9 cm³/mol. The molecular weight excluding hydrogens is 148 g/mol. The van der Waals surface area contributed by atoms with Gasteiger partial charge in [-0.3, -0.25) is 0 Å². The Labute approximate surface area is 74.4 Å². The quantitative estimate of drug-likeness (QED) is 0.620. The Morgan fingerprint density at radius 3 is 2.00 bits per heavy atom. The summed E-state index contributed by atoms with van der Waals surface area (Å²) >= 11 is 0. The SMILES string of the molecule is COc1cc(C)c(C)c(C)c1C. The Morgan fingerprint density at radius 2 is 1.50 bits per heavy atom. The number of aryl methyl sites for hydroxylation is 1. The molecule has 1 aromatic rings. The van der Waals surface area contributed by atoms with Crippen molar-refractivity contribution in [1.82, 2.24) is 0 Å². The van der Waals surface area contributed by atoms with Crippen LogP contribution in [0.25, 0.3) is 0 Å². The molecule has 0 heterocycles. The van der Waals surface area contributed by atoms with E-state index >= 15 is 0 Å². The largest absolute Gasteiger partial charge is 0.496 e. The number of hydrogen-bond donors (Lipinski definition) is 0. The van der Waals surface area contributed by atoms with Gasteiger partial charge in [-0.25, -0.2) is 0 Å². The van der Waals surface area contributed by atoms with Gasteiger partial charge in [-0.2, -0.15) is 0 Å². The lowest BCUT2D eigenvalue weighted by Crippen LogP contribution is -1.95. The highest BCUT2D eigenvalue weighted by Gasteiger charge is 2.06. The highest BCUT2D eigenvalue weighted by Crippen LogP contribution is 2.26. The van der Waals surface area contributed by atoms with Crippen molar-refractivity contribution in [3.8, 4) is 5.75 Å². The van der Waals surface area contributed by atoms with Crippen LogP contribution in [0, 0.1) is 27.7 Å². The highest BCUT2D eigenvalue weighted by molar-refractivity contribution is 5.47. The minimum atomic E-state index is 0.996. The van der Waals surface area contributed by atoms with Crippen LogP contribution in [0.5, 0.6) is 5.75 Å². The lowest BCUT2D eigenvalue weighted by Gasteiger charge is -2.12. The smallest absolute Gasteiger partial charge is 0.122 e. The van der Waals surface area contributed by atoms with Crippen molar-refractivity contribution in [3.63, 3.8) is 0 Å². The van der Waals surface area contributed by atoms with Crippen molar-refractivity contribution < 1.29 is 4.74 Å². The van der Waals surface area contributed by atoms with E-state index in [1.165, 1.54) is 22.3 Å². The second-order valence-electron chi connectivity index (χ2n) is 3.27. The maximum absolute atomic E-state index is 5.26. The molecule has 0 radical (unpaired) electrons. The summed E-state index contributed by atoms with van der Waals surface area (Å²) in [7, 11) is 1.72. The Kier molecular flexibility index (Phi) is 2.41. The van der Waals surface area contributed by atoms with E-state index in [1.54, 1.807) is 7.11 Å². The van der Waals surface area contributed by atoms with Gasteiger partial charge in [0.05, 0.1) is 7.11 Å². The van der Waals surface area contributed by atoms with Crippen LogP contribution in [-0.2, 0) is 0 Å². The fraction of sp³-hybridized carbons (Fsp3) is 0.455. The molecule has 0 aliphatic rings. The summed E-state index contributed by atoms with van der Waals surface area (Å²) in [5, 5.41) is 0. The minimum absolute atomic E-state index is 0.996. The van der Waals surface area contributed by atoms with Gasteiger partial charge in [-0.05, 0) is 56.0 Å².